The molecule has 0 aliphatic rings. The molecule has 1 nitrogen and oxygen atoms in total. The minimum Gasteiger partial charge on any atom is -0.298 e. The summed E-state index contributed by atoms with van der Waals surface area (Å²) in [5.74, 6) is 0. The molecule has 1 heterocycles. The molecular weight excluding hydrogens is 216 g/mol. The van der Waals surface area contributed by atoms with Gasteiger partial charge in [0.15, 0.2) is 6.29 Å². The second-order valence-electron chi connectivity index (χ2n) is 3.29. The van der Waals surface area contributed by atoms with Crippen LogP contribution < -0.4 is 0 Å². The predicted molar refractivity (Wildman–Crippen MR) is 61.7 cm³/mol. The third-order valence-electron chi connectivity index (χ3n) is 2.50. The van der Waals surface area contributed by atoms with Gasteiger partial charge in [-0.25, -0.2) is 0 Å². The number of halogens is 1. The summed E-state index contributed by atoms with van der Waals surface area (Å²) >= 11 is 7.44. The maximum atomic E-state index is 10.9. The van der Waals surface area contributed by atoms with Crippen molar-refractivity contribution in [2.75, 3.05) is 0 Å². The summed E-state index contributed by atoms with van der Waals surface area (Å²) < 4.78 is 1.67. The first kappa shape index (κ1) is 9.69. The van der Waals surface area contributed by atoms with Gasteiger partial charge in [0.2, 0.25) is 0 Å². The Labute approximate surface area is 91.3 Å². The Hall–Kier alpha value is -0.860. The highest BCUT2D eigenvalue weighted by Crippen LogP contribution is 2.36. The first-order chi connectivity index (χ1) is 6.65. The van der Waals surface area contributed by atoms with Crippen LogP contribution in [0, 0.1) is 13.8 Å². The Morgan fingerprint density at radius 2 is 2.07 bits per heavy atom. The minimum absolute atomic E-state index is 0.587. The highest BCUT2D eigenvalue weighted by atomic mass is 35.5. The number of carbonyl (C=O) groups excluding carboxylic acids is 1. The van der Waals surface area contributed by atoms with Gasteiger partial charge in [-0.05, 0) is 31.0 Å². The van der Waals surface area contributed by atoms with E-state index in [1.54, 1.807) is 0 Å². The van der Waals surface area contributed by atoms with Crippen LogP contribution in [0.25, 0.3) is 10.1 Å². The van der Waals surface area contributed by atoms with E-state index < -0.39 is 0 Å². The van der Waals surface area contributed by atoms with E-state index in [2.05, 4.69) is 6.07 Å². The van der Waals surface area contributed by atoms with Crippen LogP contribution in [0.2, 0.25) is 4.34 Å². The molecule has 0 unspecified atom stereocenters. The summed E-state index contributed by atoms with van der Waals surface area (Å²) in [6.07, 6.45) is 0.841. The number of aryl methyl sites for hydroxylation is 2. The normalized spacial score (nSPS) is 10.8. The largest absolute Gasteiger partial charge is 0.298 e. The van der Waals surface area contributed by atoms with Gasteiger partial charge >= 0.3 is 0 Å². The Bertz CT molecular complexity index is 513. The van der Waals surface area contributed by atoms with E-state index in [-0.39, 0.29) is 0 Å². The zero-order valence-electron chi connectivity index (χ0n) is 7.93. The number of hydrogen-bond donors (Lipinski definition) is 0. The molecule has 0 spiro atoms. The van der Waals surface area contributed by atoms with Crippen LogP contribution in [0.15, 0.2) is 12.1 Å². The van der Waals surface area contributed by atoms with Crippen molar-refractivity contribution in [2.24, 2.45) is 0 Å². The third kappa shape index (κ3) is 1.26. The van der Waals surface area contributed by atoms with Crippen LogP contribution in [-0.2, 0) is 0 Å². The third-order valence-corrected chi connectivity index (χ3v) is 3.89. The summed E-state index contributed by atoms with van der Waals surface area (Å²) in [6.45, 7) is 4.06. The highest BCUT2D eigenvalue weighted by molar-refractivity contribution is 7.23. The Balaban J connectivity index is 2.97. The Morgan fingerprint density at radius 1 is 1.36 bits per heavy atom. The molecule has 0 atom stereocenters. The molecule has 3 heteroatoms. The van der Waals surface area contributed by atoms with E-state index in [1.807, 2.05) is 19.9 Å². The highest BCUT2D eigenvalue weighted by Gasteiger charge is 2.12. The smallest absolute Gasteiger partial charge is 0.153 e. The molecular formula is C11H9ClOS. The first-order valence-electron chi connectivity index (χ1n) is 4.28. The van der Waals surface area contributed by atoms with Crippen molar-refractivity contribution in [3.8, 4) is 0 Å². The zero-order chi connectivity index (χ0) is 10.3. The van der Waals surface area contributed by atoms with E-state index in [0.29, 0.717) is 9.90 Å². The summed E-state index contributed by atoms with van der Waals surface area (Å²) in [5, 5.41) is 1.01. The van der Waals surface area contributed by atoms with Gasteiger partial charge in [-0.1, -0.05) is 17.7 Å². The molecule has 0 N–H and O–H groups in total. The number of rotatable bonds is 1. The quantitative estimate of drug-likeness (QED) is 0.670. The van der Waals surface area contributed by atoms with Crippen LogP contribution in [-0.4, -0.2) is 6.29 Å². The van der Waals surface area contributed by atoms with Gasteiger partial charge in [0.1, 0.15) is 4.34 Å². The first-order valence-corrected chi connectivity index (χ1v) is 5.48. The fourth-order valence-corrected chi connectivity index (χ4v) is 2.91. The van der Waals surface area contributed by atoms with Crippen molar-refractivity contribution in [2.45, 2.75) is 13.8 Å². The van der Waals surface area contributed by atoms with Gasteiger partial charge in [-0.3, -0.25) is 4.79 Å². The SMILES string of the molecule is Cc1ccc2sc(Cl)c(C=O)c2c1C. The molecule has 1 aromatic carbocycles. The molecule has 0 aliphatic carbocycles. The van der Waals surface area contributed by atoms with E-state index in [9.17, 15) is 4.79 Å². The van der Waals surface area contributed by atoms with Gasteiger partial charge in [-0.2, -0.15) is 0 Å². The minimum atomic E-state index is 0.587. The number of benzene rings is 1. The maximum Gasteiger partial charge on any atom is 0.153 e. The average molecular weight is 225 g/mol. The van der Waals surface area contributed by atoms with E-state index >= 15 is 0 Å². The lowest BCUT2D eigenvalue weighted by molar-refractivity contribution is 0.112. The van der Waals surface area contributed by atoms with Crippen LogP contribution in [0.4, 0.5) is 0 Å². The number of carbonyl (C=O) groups is 1. The summed E-state index contributed by atoms with van der Waals surface area (Å²) in [6, 6.07) is 4.07. The van der Waals surface area contributed by atoms with E-state index in [4.69, 9.17) is 11.6 Å². The molecule has 2 rings (SSSR count). The van der Waals surface area contributed by atoms with Crippen molar-refractivity contribution >= 4 is 39.3 Å². The van der Waals surface area contributed by atoms with Crippen molar-refractivity contribution in [1.82, 2.24) is 0 Å². The fourth-order valence-electron chi connectivity index (χ4n) is 1.57. The van der Waals surface area contributed by atoms with Gasteiger partial charge in [-0.15, -0.1) is 11.3 Å². The second-order valence-corrected chi connectivity index (χ2v) is 4.94. The number of hydrogen-bond acceptors (Lipinski definition) is 2. The lowest BCUT2D eigenvalue weighted by Crippen LogP contribution is -1.84. The summed E-state index contributed by atoms with van der Waals surface area (Å²) in [5.41, 5.74) is 2.97. The molecule has 0 radical (unpaired) electrons. The molecule has 14 heavy (non-hydrogen) atoms. The van der Waals surface area contributed by atoms with Crippen molar-refractivity contribution < 1.29 is 4.79 Å². The van der Waals surface area contributed by atoms with Gasteiger partial charge < -0.3 is 0 Å². The molecule has 0 aliphatic heterocycles. The number of aldehydes is 1. The monoisotopic (exact) mass is 224 g/mol. The van der Waals surface area contributed by atoms with Crippen LogP contribution >= 0.6 is 22.9 Å². The summed E-state index contributed by atoms with van der Waals surface area (Å²) in [4.78, 5) is 10.9. The fraction of sp³-hybridized carbons (Fsp3) is 0.182. The molecule has 0 bridgehead atoms. The van der Waals surface area contributed by atoms with Crippen molar-refractivity contribution in [3.63, 3.8) is 0 Å². The second kappa shape index (κ2) is 3.37. The van der Waals surface area contributed by atoms with Crippen LogP contribution in [0.5, 0.6) is 0 Å². The van der Waals surface area contributed by atoms with E-state index in [0.717, 1.165) is 21.9 Å². The topological polar surface area (TPSA) is 17.1 Å². The Kier molecular flexibility index (Phi) is 2.33. The van der Waals surface area contributed by atoms with Crippen molar-refractivity contribution in [3.05, 3.63) is 33.2 Å². The van der Waals surface area contributed by atoms with Gasteiger partial charge in [0.25, 0.3) is 0 Å². The standard InChI is InChI=1S/C11H9ClOS/c1-6-3-4-9-10(7(6)2)8(5-13)11(12)14-9/h3-5H,1-2H3. The summed E-state index contributed by atoms with van der Waals surface area (Å²) in [7, 11) is 0. The molecule has 0 saturated carbocycles. The van der Waals surface area contributed by atoms with Gasteiger partial charge in [0.05, 0.1) is 5.56 Å². The number of fused-ring (bicyclic) bond motifs is 1. The molecule has 0 amide bonds. The van der Waals surface area contributed by atoms with Crippen LogP contribution in [0.3, 0.4) is 0 Å². The molecule has 0 fully saturated rings. The molecule has 72 valence electrons. The van der Waals surface area contributed by atoms with E-state index in [1.165, 1.54) is 16.9 Å². The molecule has 0 saturated heterocycles. The zero-order valence-corrected chi connectivity index (χ0v) is 9.50. The number of thiophene rings is 1. The van der Waals surface area contributed by atoms with Crippen LogP contribution in [0.1, 0.15) is 21.5 Å². The molecule has 2 aromatic rings. The van der Waals surface area contributed by atoms with Crippen molar-refractivity contribution in [1.29, 1.82) is 0 Å². The average Bonchev–Trinajstić information content (AvgIpc) is 2.48. The predicted octanol–water partition coefficient (Wildman–Crippen LogP) is 3.98. The lowest BCUT2D eigenvalue weighted by Gasteiger charge is -2.01. The Morgan fingerprint density at radius 3 is 2.71 bits per heavy atom. The molecule has 1 aromatic heterocycles. The lowest BCUT2D eigenvalue weighted by atomic mass is 10.0. The maximum absolute atomic E-state index is 10.9. The van der Waals surface area contributed by atoms with Gasteiger partial charge in [0, 0.05) is 10.1 Å².